The zero-order valence-electron chi connectivity index (χ0n) is 15.1. The number of carbonyl (C=O) groups excluding carboxylic acids is 1. The molecule has 25 heavy (non-hydrogen) atoms. The number of piperidine rings is 2. The van der Waals surface area contributed by atoms with Crippen LogP contribution in [0.4, 0.5) is 0 Å². The van der Waals surface area contributed by atoms with Crippen LogP contribution in [0.5, 0.6) is 0 Å². The van der Waals surface area contributed by atoms with E-state index >= 15 is 0 Å². The van der Waals surface area contributed by atoms with Crippen molar-refractivity contribution >= 4 is 5.91 Å². The van der Waals surface area contributed by atoms with Gasteiger partial charge in [-0.05, 0) is 57.5 Å². The quantitative estimate of drug-likeness (QED) is 0.830. The molecule has 0 aromatic carbocycles. The first-order chi connectivity index (χ1) is 12.1. The first kappa shape index (κ1) is 16.8. The second-order valence-electron chi connectivity index (χ2n) is 7.98. The highest BCUT2D eigenvalue weighted by molar-refractivity contribution is 5.82. The number of carbonyl (C=O) groups is 1. The summed E-state index contributed by atoms with van der Waals surface area (Å²) in [5.74, 6) is 1.30. The molecule has 136 valence electrons. The molecule has 6 nitrogen and oxygen atoms in total. The molecule has 0 radical (unpaired) electrons. The molecular weight excluding hydrogens is 316 g/mol. The molecule has 1 unspecified atom stereocenters. The van der Waals surface area contributed by atoms with Crippen LogP contribution in [0.2, 0.25) is 0 Å². The number of aromatic nitrogens is 2. The van der Waals surface area contributed by atoms with Gasteiger partial charge in [0, 0.05) is 32.1 Å². The van der Waals surface area contributed by atoms with Crippen LogP contribution in [0, 0.1) is 5.92 Å². The fraction of sp³-hybridized carbons (Fsp3) is 0.737. The third-order valence-corrected chi connectivity index (χ3v) is 6.07. The molecule has 6 heteroatoms. The maximum Gasteiger partial charge on any atom is 0.253 e. The monoisotopic (exact) mass is 344 g/mol. The number of hydrogen-bond acceptors (Lipinski definition) is 4. The van der Waals surface area contributed by atoms with E-state index < -0.39 is 0 Å². The van der Waals surface area contributed by atoms with E-state index in [1.807, 2.05) is 11.9 Å². The van der Waals surface area contributed by atoms with Gasteiger partial charge in [0.25, 0.3) is 5.56 Å². The molecule has 3 heterocycles. The van der Waals surface area contributed by atoms with Gasteiger partial charge in [0.05, 0.1) is 18.1 Å². The fourth-order valence-electron chi connectivity index (χ4n) is 4.25. The van der Waals surface area contributed by atoms with E-state index in [-0.39, 0.29) is 17.5 Å². The maximum atomic E-state index is 12.4. The molecule has 1 amide bonds. The molecule has 1 saturated carbocycles. The lowest BCUT2D eigenvalue weighted by Crippen LogP contribution is -2.53. The zero-order chi connectivity index (χ0) is 17.4. The molecule has 0 N–H and O–H groups in total. The number of nitrogens with zero attached hydrogens (tertiary/aromatic N) is 4. The minimum absolute atomic E-state index is 0.0712. The van der Waals surface area contributed by atoms with Gasteiger partial charge in [-0.3, -0.25) is 19.1 Å². The Kier molecular flexibility index (Phi) is 4.63. The summed E-state index contributed by atoms with van der Waals surface area (Å²) in [6, 6.07) is 1.80. The SMILES string of the molecule is CN1CCCC(N2CCC(Cn3cnc(C4CC4)cc3=O)CC2)C1=O. The standard InChI is InChI=1S/C19H28N4O2/c1-21-8-2-3-17(19(21)25)22-9-6-14(7-10-22)12-23-13-20-16(11-18(23)24)15-4-5-15/h11,13-15,17H,2-10,12H2,1H3. The highest BCUT2D eigenvalue weighted by Crippen LogP contribution is 2.38. The summed E-state index contributed by atoms with van der Waals surface area (Å²) in [6.45, 7) is 3.55. The normalized spacial score (nSPS) is 26.2. The Hall–Kier alpha value is -1.69. The van der Waals surface area contributed by atoms with Crippen LogP contribution >= 0.6 is 0 Å². The van der Waals surface area contributed by atoms with Crippen molar-refractivity contribution in [3.8, 4) is 0 Å². The van der Waals surface area contributed by atoms with E-state index in [9.17, 15) is 9.59 Å². The minimum atomic E-state index is 0.0712. The molecule has 1 aromatic heterocycles. The lowest BCUT2D eigenvalue weighted by atomic mass is 9.93. The number of likely N-dealkylation sites (tertiary alicyclic amines) is 2. The Balaban J connectivity index is 1.33. The predicted octanol–water partition coefficient (Wildman–Crippen LogP) is 1.45. The van der Waals surface area contributed by atoms with E-state index in [1.54, 1.807) is 17.0 Å². The van der Waals surface area contributed by atoms with Gasteiger partial charge in [-0.15, -0.1) is 0 Å². The van der Waals surface area contributed by atoms with Crippen molar-refractivity contribution in [2.45, 2.75) is 57.0 Å². The molecule has 1 aromatic rings. The Morgan fingerprint density at radius 1 is 1.08 bits per heavy atom. The van der Waals surface area contributed by atoms with Gasteiger partial charge >= 0.3 is 0 Å². The van der Waals surface area contributed by atoms with Gasteiger partial charge < -0.3 is 4.90 Å². The Morgan fingerprint density at radius 2 is 1.84 bits per heavy atom. The van der Waals surface area contributed by atoms with Crippen LogP contribution in [-0.4, -0.2) is 58.0 Å². The van der Waals surface area contributed by atoms with Gasteiger partial charge in [0.1, 0.15) is 0 Å². The second kappa shape index (κ2) is 6.90. The molecule has 0 bridgehead atoms. The van der Waals surface area contributed by atoms with Gasteiger partial charge in [-0.2, -0.15) is 0 Å². The van der Waals surface area contributed by atoms with Crippen LogP contribution in [0.3, 0.4) is 0 Å². The Morgan fingerprint density at radius 3 is 2.52 bits per heavy atom. The molecular formula is C19H28N4O2. The first-order valence-corrected chi connectivity index (χ1v) is 9.67. The summed E-state index contributed by atoms with van der Waals surface area (Å²) in [5.41, 5.74) is 1.06. The zero-order valence-corrected chi connectivity index (χ0v) is 15.1. The van der Waals surface area contributed by atoms with Gasteiger partial charge in [-0.1, -0.05) is 0 Å². The predicted molar refractivity (Wildman–Crippen MR) is 95.4 cm³/mol. The van der Waals surface area contributed by atoms with Crippen molar-refractivity contribution in [3.05, 3.63) is 28.4 Å². The highest BCUT2D eigenvalue weighted by Gasteiger charge is 2.33. The third kappa shape index (κ3) is 3.64. The molecule has 0 spiro atoms. The minimum Gasteiger partial charge on any atom is -0.344 e. The smallest absolute Gasteiger partial charge is 0.253 e. The van der Waals surface area contributed by atoms with Gasteiger partial charge in [0.15, 0.2) is 0 Å². The van der Waals surface area contributed by atoms with Crippen LogP contribution < -0.4 is 5.56 Å². The number of hydrogen-bond donors (Lipinski definition) is 0. The van der Waals surface area contributed by atoms with Crippen molar-refractivity contribution in [1.29, 1.82) is 0 Å². The molecule has 4 rings (SSSR count). The molecule has 1 atom stereocenters. The lowest BCUT2D eigenvalue weighted by Gasteiger charge is -2.40. The van der Waals surface area contributed by atoms with Gasteiger partial charge in [-0.25, -0.2) is 4.98 Å². The van der Waals surface area contributed by atoms with Crippen molar-refractivity contribution in [2.24, 2.45) is 5.92 Å². The summed E-state index contributed by atoms with van der Waals surface area (Å²) < 4.78 is 1.77. The largest absolute Gasteiger partial charge is 0.344 e. The number of likely N-dealkylation sites (N-methyl/N-ethyl adjacent to an activating group) is 1. The Bertz CT molecular complexity index is 689. The molecule has 2 aliphatic heterocycles. The average Bonchev–Trinajstić information content (AvgIpc) is 3.45. The van der Waals surface area contributed by atoms with Crippen LogP contribution in [0.15, 0.2) is 17.2 Å². The molecule has 2 saturated heterocycles. The number of amides is 1. The molecule has 3 aliphatic rings. The Labute approximate surface area is 148 Å². The first-order valence-electron chi connectivity index (χ1n) is 9.67. The van der Waals surface area contributed by atoms with Crippen LogP contribution in [-0.2, 0) is 11.3 Å². The van der Waals surface area contributed by atoms with Crippen molar-refractivity contribution in [2.75, 3.05) is 26.7 Å². The van der Waals surface area contributed by atoms with Crippen molar-refractivity contribution in [3.63, 3.8) is 0 Å². The highest BCUT2D eigenvalue weighted by atomic mass is 16.2. The van der Waals surface area contributed by atoms with E-state index in [0.29, 0.717) is 11.8 Å². The average molecular weight is 344 g/mol. The third-order valence-electron chi connectivity index (χ3n) is 6.07. The summed E-state index contributed by atoms with van der Waals surface area (Å²) in [4.78, 5) is 33.4. The van der Waals surface area contributed by atoms with Crippen LogP contribution in [0.25, 0.3) is 0 Å². The topological polar surface area (TPSA) is 58.4 Å². The summed E-state index contributed by atoms with van der Waals surface area (Å²) in [6.07, 6.45) is 8.26. The van der Waals surface area contributed by atoms with Crippen molar-refractivity contribution < 1.29 is 4.79 Å². The summed E-state index contributed by atoms with van der Waals surface area (Å²) >= 11 is 0. The lowest BCUT2D eigenvalue weighted by molar-refractivity contribution is -0.139. The number of rotatable bonds is 4. The summed E-state index contributed by atoms with van der Waals surface area (Å²) in [7, 11) is 1.91. The van der Waals surface area contributed by atoms with Crippen LogP contribution in [0.1, 0.15) is 50.1 Å². The van der Waals surface area contributed by atoms with E-state index in [4.69, 9.17) is 0 Å². The molecule has 3 fully saturated rings. The van der Waals surface area contributed by atoms with E-state index in [2.05, 4.69) is 9.88 Å². The van der Waals surface area contributed by atoms with Crippen molar-refractivity contribution in [1.82, 2.24) is 19.4 Å². The fourth-order valence-corrected chi connectivity index (χ4v) is 4.25. The second-order valence-corrected chi connectivity index (χ2v) is 7.98. The maximum absolute atomic E-state index is 12.4. The summed E-state index contributed by atoms with van der Waals surface area (Å²) in [5, 5.41) is 0. The molecule has 1 aliphatic carbocycles. The van der Waals surface area contributed by atoms with E-state index in [1.165, 1.54) is 12.8 Å². The van der Waals surface area contributed by atoms with Gasteiger partial charge in [0.2, 0.25) is 5.91 Å². The van der Waals surface area contributed by atoms with E-state index in [0.717, 1.165) is 57.6 Å².